The summed E-state index contributed by atoms with van der Waals surface area (Å²) in [6, 6.07) is 4.03. The minimum absolute atomic E-state index is 0.0223. The van der Waals surface area contributed by atoms with Gasteiger partial charge < -0.3 is 4.74 Å². The first-order valence-corrected chi connectivity index (χ1v) is 10.8. The molecule has 0 bridgehead atoms. The average molecular weight is 459 g/mol. The van der Waals surface area contributed by atoms with Crippen LogP contribution in [0.1, 0.15) is 60.4 Å². The topological polar surface area (TPSA) is 82.8 Å². The molecule has 0 spiro atoms. The predicted molar refractivity (Wildman–Crippen MR) is 115 cm³/mol. The minimum Gasteiger partial charge on any atom is -0.467 e. The smallest absolute Gasteiger partial charge is 0.418 e. The molecule has 1 fully saturated rings. The summed E-state index contributed by atoms with van der Waals surface area (Å²) in [5.74, 6) is 0.0223. The number of pyridine rings is 1. The van der Waals surface area contributed by atoms with Crippen LogP contribution in [0.15, 0.2) is 35.4 Å². The van der Waals surface area contributed by atoms with Gasteiger partial charge in [0.15, 0.2) is 0 Å². The van der Waals surface area contributed by atoms with E-state index < -0.39 is 23.8 Å². The first kappa shape index (κ1) is 22.9. The van der Waals surface area contributed by atoms with Crippen molar-refractivity contribution in [2.45, 2.75) is 57.7 Å². The molecule has 0 saturated heterocycles. The molecule has 1 aliphatic rings. The Kier molecular flexibility index (Phi) is 6.44. The number of hydrogen-bond acceptors (Lipinski definition) is 6. The quantitative estimate of drug-likeness (QED) is 0.558. The van der Waals surface area contributed by atoms with E-state index in [-0.39, 0.29) is 17.6 Å². The molecule has 4 rings (SSSR count). The van der Waals surface area contributed by atoms with Gasteiger partial charge in [-0.15, -0.1) is 0 Å². The molecule has 3 aromatic heterocycles. The summed E-state index contributed by atoms with van der Waals surface area (Å²) in [5.41, 5.74) is 0.551. The molecule has 0 amide bonds. The molecular formula is C23H24F3N5O2. The molecule has 174 valence electrons. The fraction of sp³-hybridized carbons (Fsp3) is 0.435. The SMILES string of the molecule is COc1ncc(C)c(-c2cc(C3CCCCC3)c(=O)n(Cc3ncccc3C(F)(F)F)n2)n1. The molecule has 0 atom stereocenters. The summed E-state index contributed by atoms with van der Waals surface area (Å²) in [4.78, 5) is 25.7. The first-order valence-electron chi connectivity index (χ1n) is 10.8. The zero-order valence-electron chi connectivity index (χ0n) is 18.4. The van der Waals surface area contributed by atoms with E-state index in [0.717, 1.165) is 42.9 Å². The molecule has 10 heteroatoms. The van der Waals surface area contributed by atoms with Gasteiger partial charge in [0, 0.05) is 18.0 Å². The van der Waals surface area contributed by atoms with Crippen molar-refractivity contribution < 1.29 is 17.9 Å². The Hall–Kier alpha value is -3.30. The molecule has 1 saturated carbocycles. The lowest BCUT2D eigenvalue weighted by atomic mass is 9.84. The van der Waals surface area contributed by atoms with Crippen LogP contribution in [0.3, 0.4) is 0 Å². The summed E-state index contributed by atoms with van der Waals surface area (Å²) >= 11 is 0. The second-order valence-electron chi connectivity index (χ2n) is 8.17. The minimum atomic E-state index is -4.59. The highest BCUT2D eigenvalue weighted by Gasteiger charge is 2.34. The van der Waals surface area contributed by atoms with Gasteiger partial charge in [0.2, 0.25) is 0 Å². The van der Waals surface area contributed by atoms with Crippen LogP contribution in [0.5, 0.6) is 6.01 Å². The number of aromatic nitrogens is 5. The van der Waals surface area contributed by atoms with Crippen molar-refractivity contribution in [1.82, 2.24) is 24.7 Å². The summed E-state index contributed by atoms with van der Waals surface area (Å²) in [6.07, 6.45) is 3.08. The van der Waals surface area contributed by atoms with Crippen molar-refractivity contribution in [3.8, 4) is 17.4 Å². The van der Waals surface area contributed by atoms with Crippen molar-refractivity contribution in [3.63, 3.8) is 0 Å². The van der Waals surface area contributed by atoms with E-state index in [4.69, 9.17) is 4.74 Å². The van der Waals surface area contributed by atoms with Gasteiger partial charge in [-0.1, -0.05) is 19.3 Å². The summed E-state index contributed by atoms with van der Waals surface area (Å²) in [6.45, 7) is 1.40. The second-order valence-corrected chi connectivity index (χ2v) is 8.17. The largest absolute Gasteiger partial charge is 0.467 e. The number of alkyl halides is 3. The monoisotopic (exact) mass is 459 g/mol. The Morgan fingerprint density at radius 2 is 1.94 bits per heavy atom. The average Bonchev–Trinajstić information content (AvgIpc) is 2.81. The normalized spacial score (nSPS) is 14.9. The molecule has 0 unspecified atom stereocenters. The Balaban J connectivity index is 1.87. The van der Waals surface area contributed by atoms with Crippen molar-refractivity contribution in [2.24, 2.45) is 0 Å². The van der Waals surface area contributed by atoms with Crippen molar-refractivity contribution in [3.05, 3.63) is 63.3 Å². The third kappa shape index (κ3) is 4.89. The molecule has 0 aliphatic heterocycles. The third-order valence-corrected chi connectivity index (χ3v) is 5.92. The van der Waals surface area contributed by atoms with Gasteiger partial charge in [-0.2, -0.15) is 23.3 Å². The Morgan fingerprint density at radius 1 is 1.18 bits per heavy atom. The number of nitrogens with zero attached hydrogens (tertiary/aromatic N) is 5. The van der Waals surface area contributed by atoms with Crippen LogP contribution < -0.4 is 10.3 Å². The lowest BCUT2D eigenvalue weighted by molar-refractivity contribution is -0.138. The highest BCUT2D eigenvalue weighted by Crippen LogP contribution is 2.33. The second kappa shape index (κ2) is 9.29. The maximum atomic E-state index is 13.5. The zero-order valence-corrected chi connectivity index (χ0v) is 18.4. The standard InChI is InChI=1S/C23H24F3N5O2/c1-14-12-28-22(33-2)29-20(14)18-11-16(15-7-4-3-5-8-15)21(32)31(30-18)13-19-17(23(24,25)26)9-6-10-27-19/h6,9-12,15H,3-5,7-8,13H2,1-2H3. The first-order chi connectivity index (χ1) is 15.8. The van der Waals surface area contributed by atoms with Gasteiger partial charge in [-0.05, 0) is 49.4 Å². The number of aryl methyl sites for hydroxylation is 1. The van der Waals surface area contributed by atoms with Gasteiger partial charge >= 0.3 is 12.2 Å². The lowest BCUT2D eigenvalue weighted by Crippen LogP contribution is -2.30. The van der Waals surface area contributed by atoms with E-state index in [2.05, 4.69) is 20.1 Å². The van der Waals surface area contributed by atoms with Crippen molar-refractivity contribution in [1.29, 1.82) is 0 Å². The summed E-state index contributed by atoms with van der Waals surface area (Å²) in [5, 5.41) is 4.40. The number of ether oxygens (including phenoxy) is 1. The zero-order chi connectivity index (χ0) is 23.6. The van der Waals surface area contributed by atoms with Crippen LogP contribution in [0.2, 0.25) is 0 Å². The Labute approximate surface area is 188 Å². The van der Waals surface area contributed by atoms with E-state index in [1.165, 1.54) is 19.4 Å². The molecule has 3 heterocycles. The van der Waals surface area contributed by atoms with Crippen LogP contribution >= 0.6 is 0 Å². The predicted octanol–water partition coefficient (Wildman–Crippen LogP) is 4.53. The van der Waals surface area contributed by atoms with Gasteiger partial charge in [0.1, 0.15) is 11.4 Å². The van der Waals surface area contributed by atoms with Crippen LogP contribution in [0.25, 0.3) is 11.4 Å². The molecular weight excluding hydrogens is 435 g/mol. The number of rotatable bonds is 5. The molecule has 3 aromatic rings. The highest BCUT2D eigenvalue weighted by molar-refractivity contribution is 5.58. The molecule has 33 heavy (non-hydrogen) atoms. The summed E-state index contributed by atoms with van der Waals surface area (Å²) in [7, 11) is 1.44. The highest BCUT2D eigenvalue weighted by atomic mass is 19.4. The van der Waals surface area contributed by atoms with Crippen LogP contribution in [-0.2, 0) is 12.7 Å². The molecule has 0 radical (unpaired) electrons. The molecule has 0 aromatic carbocycles. The van der Waals surface area contributed by atoms with Gasteiger partial charge in [-0.25, -0.2) is 9.67 Å². The Morgan fingerprint density at radius 3 is 2.64 bits per heavy atom. The van der Waals surface area contributed by atoms with Crippen LogP contribution in [-0.4, -0.2) is 31.8 Å². The van der Waals surface area contributed by atoms with Crippen molar-refractivity contribution >= 4 is 0 Å². The fourth-order valence-electron chi connectivity index (χ4n) is 4.24. The van der Waals surface area contributed by atoms with Gasteiger partial charge in [0.25, 0.3) is 5.56 Å². The molecule has 7 nitrogen and oxygen atoms in total. The van der Waals surface area contributed by atoms with Crippen LogP contribution in [0, 0.1) is 6.92 Å². The lowest BCUT2D eigenvalue weighted by Gasteiger charge is -2.23. The number of halogens is 3. The summed E-state index contributed by atoms with van der Waals surface area (Å²) < 4.78 is 46.8. The maximum absolute atomic E-state index is 13.5. The van der Waals surface area contributed by atoms with E-state index >= 15 is 0 Å². The maximum Gasteiger partial charge on any atom is 0.418 e. The fourth-order valence-corrected chi connectivity index (χ4v) is 4.24. The van der Waals surface area contributed by atoms with E-state index in [0.29, 0.717) is 22.5 Å². The molecule has 0 N–H and O–H groups in total. The van der Waals surface area contributed by atoms with Crippen LogP contribution in [0.4, 0.5) is 13.2 Å². The van der Waals surface area contributed by atoms with E-state index in [1.54, 1.807) is 19.2 Å². The van der Waals surface area contributed by atoms with Gasteiger partial charge in [-0.3, -0.25) is 9.78 Å². The van der Waals surface area contributed by atoms with E-state index in [1.807, 2.05) is 0 Å². The third-order valence-electron chi connectivity index (χ3n) is 5.92. The Bertz CT molecular complexity index is 1200. The van der Waals surface area contributed by atoms with Crippen molar-refractivity contribution in [2.75, 3.05) is 7.11 Å². The molecule has 1 aliphatic carbocycles. The van der Waals surface area contributed by atoms with Gasteiger partial charge in [0.05, 0.1) is 24.9 Å². The number of methoxy groups -OCH3 is 1. The van der Waals surface area contributed by atoms with E-state index in [9.17, 15) is 18.0 Å². The number of hydrogen-bond donors (Lipinski definition) is 0.